The van der Waals surface area contributed by atoms with Crippen LogP contribution >= 0.6 is 23.4 Å². The van der Waals surface area contributed by atoms with Gasteiger partial charge in [0.25, 0.3) is 0 Å². The largest absolute Gasteiger partial charge is 0.398 e. The van der Waals surface area contributed by atoms with E-state index >= 15 is 0 Å². The van der Waals surface area contributed by atoms with Gasteiger partial charge >= 0.3 is 0 Å². The third-order valence-corrected chi connectivity index (χ3v) is 4.81. The Labute approximate surface area is 126 Å². The highest BCUT2D eigenvalue weighted by Crippen LogP contribution is 2.33. The van der Waals surface area contributed by atoms with E-state index in [1.165, 1.54) is 12.8 Å². The van der Waals surface area contributed by atoms with E-state index in [0.29, 0.717) is 11.1 Å². The van der Waals surface area contributed by atoms with Crippen molar-refractivity contribution in [1.82, 2.24) is 20.2 Å². The van der Waals surface area contributed by atoms with Gasteiger partial charge in [0, 0.05) is 16.5 Å². The van der Waals surface area contributed by atoms with E-state index in [2.05, 4.69) is 15.5 Å². The van der Waals surface area contributed by atoms with Crippen molar-refractivity contribution < 1.29 is 0 Å². The number of anilines is 1. The molecule has 1 aromatic heterocycles. The number of hydrogen-bond acceptors (Lipinski definition) is 5. The molecule has 0 spiro atoms. The fourth-order valence-electron chi connectivity index (χ4n) is 2.50. The molecule has 106 valence electrons. The zero-order chi connectivity index (χ0) is 13.9. The van der Waals surface area contributed by atoms with Crippen LogP contribution in [0.4, 0.5) is 5.69 Å². The van der Waals surface area contributed by atoms with Gasteiger partial charge in [-0.3, -0.25) is 0 Å². The van der Waals surface area contributed by atoms with E-state index < -0.39 is 0 Å². The van der Waals surface area contributed by atoms with Crippen molar-refractivity contribution in [1.29, 1.82) is 0 Å². The van der Waals surface area contributed by atoms with Crippen molar-refractivity contribution in [3.8, 4) is 0 Å². The summed E-state index contributed by atoms with van der Waals surface area (Å²) in [6.07, 6.45) is 4.85. The van der Waals surface area contributed by atoms with Gasteiger partial charge in [-0.1, -0.05) is 36.2 Å². The van der Waals surface area contributed by atoms with E-state index in [0.717, 1.165) is 35.0 Å². The van der Waals surface area contributed by atoms with Gasteiger partial charge in [-0.15, -0.1) is 5.10 Å². The minimum absolute atomic E-state index is 0.448. The van der Waals surface area contributed by atoms with E-state index in [1.54, 1.807) is 17.8 Å². The zero-order valence-corrected chi connectivity index (χ0v) is 12.6. The lowest BCUT2D eigenvalue weighted by Gasteiger charge is -2.11. The monoisotopic (exact) mass is 309 g/mol. The van der Waals surface area contributed by atoms with Gasteiger partial charge < -0.3 is 5.73 Å². The number of hydrogen-bond donors (Lipinski definition) is 1. The maximum Gasteiger partial charge on any atom is 0.209 e. The fraction of sp³-hybridized carbons (Fsp3) is 0.462. The quantitative estimate of drug-likeness (QED) is 0.693. The molecule has 5 nitrogen and oxygen atoms in total. The second-order valence-electron chi connectivity index (χ2n) is 4.98. The number of nitrogens with two attached hydrogens (primary N) is 1. The van der Waals surface area contributed by atoms with E-state index in [1.807, 2.05) is 16.8 Å². The Bertz CT molecular complexity index is 594. The summed E-state index contributed by atoms with van der Waals surface area (Å²) in [6.45, 7) is 0. The first kappa shape index (κ1) is 13.7. The standard InChI is InChI=1S/C13H16ClN5S/c14-10-5-6-12(15)9(7-10)8-20-13-16-17-18-19(13)11-3-1-2-4-11/h5-7,11H,1-4,8,15H2. The number of benzene rings is 1. The molecule has 0 radical (unpaired) electrons. The number of tetrazole rings is 1. The van der Waals surface area contributed by atoms with Gasteiger partial charge in [0.05, 0.1) is 6.04 Å². The molecule has 0 atom stereocenters. The summed E-state index contributed by atoms with van der Waals surface area (Å²) < 4.78 is 1.96. The van der Waals surface area contributed by atoms with Gasteiger partial charge in [0.1, 0.15) is 0 Å². The fourth-order valence-corrected chi connectivity index (χ4v) is 3.64. The molecule has 1 aliphatic carbocycles. The van der Waals surface area contributed by atoms with E-state index in [9.17, 15) is 0 Å². The molecule has 1 aromatic carbocycles. The minimum atomic E-state index is 0.448. The first-order chi connectivity index (χ1) is 9.74. The van der Waals surface area contributed by atoms with Crippen molar-refractivity contribution in [3.05, 3.63) is 28.8 Å². The maximum absolute atomic E-state index is 6.00. The SMILES string of the molecule is Nc1ccc(Cl)cc1CSc1nnnn1C1CCCC1. The summed E-state index contributed by atoms with van der Waals surface area (Å²) in [5, 5.41) is 13.6. The number of thioether (sulfide) groups is 1. The van der Waals surface area contributed by atoms with Crippen molar-refractivity contribution >= 4 is 29.1 Å². The highest BCUT2D eigenvalue weighted by Gasteiger charge is 2.21. The lowest BCUT2D eigenvalue weighted by atomic mass is 10.2. The second-order valence-corrected chi connectivity index (χ2v) is 6.36. The molecule has 7 heteroatoms. The lowest BCUT2D eigenvalue weighted by molar-refractivity contribution is 0.423. The van der Waals surface area contributed by atoms with Gasteiger partial charge in [0.15, 0.2) is 0 Å². The smallest absolute Gasteiger partial charge is 0.209 e. The van der Waals surface area contributed by atoms with E-state index in [4.69, 9.17) is 17.3 Å². The van der Waals surface area contributed by atoms with Crippen molar-refractivity contribution in [2.24, 2.45) is 0 Å². The molecule has 0 aliphatic heterocycles. The molecule has 1 heterocycles. The topological polar surface area (TPSA) is 69.6 Å². The van der Waals surface area contributed by atoms with Gasteiger partial charge in [-0.2, -0.15) is 0 Å². The molecule has 2 N–H and O–H groups in total. The summed E-state index contributed by atoms with van der Waals surface area (Å²) in [7, 11) is 0. The molecule has 20 heavy (non-hydrogen) atoms. The maximum atomic E-state index is 6.00. The summed E-state index contributed by atoms with van der Waals surface area (Å²) >= 11 is 7.61. The van der Waals surface area contributed by atoms with Gasteiger partial charge in [-0.05, 0) is 47.0 Å². The second kappa shape index (κ2) is 6.01. The number of rotatable bonds is 4. The van der Waals surface area contributed by atoms with Crippen LogP contribution in [0.25, 0.3) is 0 Å². The Hall–Kier alpha value is -1.27. The number of nitrogens with zero attached hydrogens (tertiary/aromatic N) is 4. The lowest BCUT2D eigenvalue weighted by Crippen LogP contribution is -2.08. The molecule has 0 bridgehead atoms. The van der Waals surface area contributed by atoms with Gasteiger partial charge in [-0.25, -0.2) is 4.68 Å². The van der Waals surface area contributed by atoms with Crippen LogP contribution in [0.1, 0.15) is 37.3 Å². The van der Waals surface area contributed by atoms with Crippen LogP contribution < -0.4 is 5.73 Å². The van der Waals surface area contributed by atoms with E-state index in [-0.39, 0.29) is 0 Å². The normalized spacial score (nSPS) is 15.8. The molecule has 1 saturated carbocycles. The molecule has 1 aliphatic rings. The Kier molecular flexibility index (Phi) is 4.12. The molecular weight excluding hydrogens is 294 g/mol. The predicted molar refractivity (Wildman–Crippen MR) is 80.7 cm³/mol. The molecule has 1 fully saturated rings. The highest BCUT2D eigenvalue weighted by atomic mass is 35.5. The third-order valence-electron chi connectivity index (χ3n) is 3.59. The average molecular weight is 310 g/mol. The summed E-state index contributed by atoms with van der Waals surface area (Å²) in [6, 6.07) is 5.98. The summed E-state index contributed by atoms with van der Waals surface area (Å²) in [5.74, 6) is 0.722. The molecule has 2 aromatic rings. The Morgan fingerprint density at radius 3 is 2.95 bits per heavy atom. The van der Waals surface area contributed by atoms with Crippen molar-refractivity contribution in [3.63, 3.8) is 0 Å². The Morgan fingerprint density at radius 2 is 2.15 bits per heavy atom. The highest BCUT2D eigenvalue weighted by molar-refractivity contribution is 7.98. The van der Waals surface area contributed by atoms with Crippen LogP contribution in [0.3, 0.4) is 0 Å². The molecule has 3 rings (SSSR count). The summed E-state index contributed by atoms with van der Waals surface area (Å²) in [5.41, 5.74) is 7.73. The number of aromatic nitrogens is 4. The van der Waals surface area contributed by atoms with Crippen LogP contribution in [0.2, 0.25) is 5.02 Å². The Morgan fingerprint density at radius 1 is 1.35 bits per heavy atom. The van der Waals surface area contributed by atoms with Crippen LogP contribution in [0.15, 0.2) is 23.4 Å². The number of halogens is 1. The predicted octanol–water partition coefficient (Wildman–Crippen LogP) is 3.32. The first-order valence-electron chi connectivity index (χ1n) is 6.68. The Balaban J connectivity index is 1.72. The van der Waals surface area contributed by atoms with Crippen molar-refractivity contribution in [2.75, 3.05) is 5.73 Å². The molecule has 0 unspecified atom stereocenters. The van der Waals surface area contributed by atoms with Crippen LogP contribution in [0.5, 0.6) is 0 Å². The van der Waals surface area contributed by atoms with Crippen LogP contribution in [-0.2, 0) is 5.75 Å². The zero-order valence-electron chi connectivity index (χ0n) is 11.0. The molecule has 0 amide bonds. The van der Waals surface area contributed by atoms with Crippen LogP contribution in [0, 0.1) is 0 Å². The average Bonchev–Trinajstić information content (AvgIpc) is 3.09. The molecular formula is C13H16ClN5S. The third kappa shape index (κ3) is 2.91. The van der Waals surface area contributed by atoms with Gasteiger partial charge in [0.2, 0.25) is 5.16 Å². The minimum Gasteiger partial charge on any atom is -0.398 e. The van der Waals surface area contributed by atoms with Crippen LogP contribution in [-0.4, -0.2) is 20.2 Å². The van der Waals surface area contributed by atoms with Crippen molar-refractivity contribution in [2.45, 2.75) is 42.6 Å². The number of nitrogen functional groups attached to an aromatic ring is 1. The first-order valence-corrected chi connectivity index (χ1v) is 8.05. The molecule has 0 saturated heterocycles. The summed E-state index contributed by atoms with van der Waals surface area (Å²) in [4.78, 5) is 0.